The molecule has 2 rings (SSSR count). The number of carbonyl (C=O) groups excluding carboxylic acids is 1. The van der Waals surface area contributed by atoms with Gasteiger partial charge in [-0.15, -0.1) is 0 Å². The molecule has 4 heteroatoms. The second kappa shape index (κ2) is 3.67. The molecule has 1 N–H and O–H groups in total. The predicted molar refractivity (Wildman–Crippen MR) is 51.1 cm³/mol. The molecular weight excluding hydrogens is 182 g/mol. The lowest BCUT2D eigenvalue weighted by atomic mass is 10.1. The Balaban J connectivity index is 2.33. The predicted octanol–water partition coefficient (Wildman–Crippen LogP) is 1.37. The fraction of sp³-hybridized carbons (Fsp3) is 0.300. The van der Waals surface area contributed by atoms with E-state index in [1.54, 1.807) is 12.1 Å². The van der Waals surface area contributed by atoms with Gasteiger partial charge in [0, 0.05) is 11.3 Å². The Morgan fingerprint density at radius 2 is 2.43 bits per heavy atom. The van der Waals surface area contributed by atoms with E-state index >= 15 is 0 Å². The molecule has 0 aromatic heterocycles. The molecular formula is C10H11NO3. The zero-order valence-electron chi connectivity index (χ0n) is 7.87. The fourth-order valence-electron chi connectivity index (χ4n) is 1.42. The second-order valence-electron chi connectivity index (χ2n) is 3.03. The molecule has 1 aromatic rings. The second-order valence-corrected chi connectivity index (χ2v) is 3.03. The third-order valence-electron chi connectivity index (χ3n) is 2.15. The van der Waals surface area contributed by atoms with Crippen LogP contribution in [0.2, 0.25) is 0 Å². The molecule has 1 aliphatic rings. The van der Waals surface area contributed by atoms with Crippen molar-refractivity contribution in [2.45, 2.75) is 6.61 Å². The first kappa shape index (κ1) is 9.02. The highest BCUT2D eigenvalue weighted by atomic mass is 16.5. The van der Waals surface area contributed by atoms with Crippen LogP contribution in [0.25, 0.3) is 0 Å². The summed E-state index contributed by atoms with van der Waals surface area (Å²) in [7, 11) is 1.37. The smallest absolute Gasteiger partial charge is 0.337 e. The molecule has 0 saturated heterocycles. The van der Waals surface area contributed by atoms with Gasteiger partial charge in [-0.05, 0) is 18.2 Å². The van der Waals surface area contributed by atoms with E-state index in [1.165, 1.54) is 7.11 Å². The zero-order valence-corrected chi connectivity index (χ0v) is 7.87. The van der Waals surface area contributed by atoms with Crippen LogP contribution in [0.1, 0.15) is 15.9 Å². The highest BCUT2D eigenvalue weighted by molar-refractivity contribution is 5.90. The minimum absolute atomic E-state index is 0.321. The quantitative estimate of drug-likeness (QED) is 0.684. The van der Waals surface area contributed by atoms with Crippen LogP contribution >= 0.6 is 0 Å². The number of esters is 1. The first-order valence-corrected chi connectivity index (χ1v) is 4.34. The molecule has 74 valence electrons. The number of carbonyl (C=O) groups is 1. The van der Waals surface area contributed by atoms with E-state index in [-0.39, 0.29) is 5.97 Å². The standard InChI is InChI=1S/C10H11NO3/c1-13-10(12)7-2-3-9-8(4-7)5-14-6-11-9/h2-4,11H,5-6H2,1H3. The van der Waals surface area contributed by atoms with E-state index in [4.69, 9.17) is 4.74 Å². The van der Waals surface area contributed by atoms with Gasteiger partial charge < -0.3 is 14.8 Å². The normalized spacial score (nSPS) is 14.1. The minimum atomic E-state index is -0.321. The van der Waals surface area contributed by atoms with Crippen molar-refractivity contribution < 1.29 is 14.3 Å². The van der Waals surface area contributed by atoms with Crippen LogP contribution in [0.5, 0.6) is 0 Å². The summed E-state index contributed by atoms with van der Waals surface area (Å²) in [5.41, 5.74) is 2.56. The van der Waals surface area contributed by atoms with Crippen LogP contribution in [0.3, 0.4) is 0 Å². The van der Waals surface area contributed by atoms with Gasteiger partial charge in [0.15, 0.2) is 0 Å². The number of nitrogens with one attached hydrogen (secondary N) is 1. The Hall–Kier alpha value is -1.55. The van der Waals surface area contributed by atoms with Gasteiger partial charge in [0.05, 0.1) is 19.3 Å². The fourth-order valence-corrected chi connectivity index (χ4v) is 1.42. The van der Waals surface area contributed by atoms with Gasteiger partial charge in [-0.1, -0.05) is 0 Å². The van der Waals surface area contributed by atoms with Crippen molar-refractivity contribution in [1.82, 2.24) is 0 Å². The molecule has 0 saturated carbocycles. The van der Waals surface area contributed by atoms with E-state index in [9.17, 15) is 4.79 Å². The summed E-state index contributed by atoms with van der Waals surface area (Å²) in [4.78, 5) is 11.2. The van der Waals surface area contributed by atoms with Crippen molar-refractivity contribution in [3.8, 4) is 0 Å². The van der Waals surface area contributed by atoms with Crippen molar-refractivity contribution >= 4 is 11.7 Å². The minimum Gasteiger partial charge on any atom is -0.465 e. The van der Waals surface area contributed by atoms with Crippen LogP contribution in [0.15, 0.2) is 18.2 Å². The summed E-state index contributed by atoms with van der Waals surface area (Å²) in [5.74, 6) is -0.321. The van der Waals surface area contributed by atoms with Crippen molar-refractivity contribution in [2.75, 3.05) is 19.2 Å². The Morgan fingerprint density at radius 3 is 3.21 bits per heavy atom. The monoisotopic (exact) mass is 193 g/mol. The first-order chi connectivity index (χ1) is 6.81. The third-order valence-corrected chi connectivity index (χ3v) is 2.15. The van der Waals surface area contributed by atoms with Gasteiger partial charge in [0.1, 0.15) is 6.73 Å². The largest absolute Gasteiger partial charge is 0.465 e. The number of fused-ring (bicyclic) bond motifs is 1. The number of methoxy groups -OCH3 is 1. The summed E-state index contributed by atoms with van der Waals surface area (Å²) < 4.78 is 9.83. The molecule has 0 atom stereocenters. The van der Waals surface area contributed by atoms with Crippen LogP contribution in [-0.4, -0.2) is 19.8 Å². The number of anilines is 1. The van der Waals surface area contributed by atoms with Gasteiger partial charge in [0.25, 0.3) is 0 Å². The van der Waals surface area contributed by atoms with Crippen LogP contribution in [0.4, 0.5) is 5.69 Å². The van der Waals surface area contributed by atoms with Crippen molar-refractivity contribution in [3.05, 3.63) is 29.3 Å². The lowest BCUT2D eigenvalue weighted by Crippen LogP contribution is -2.15. The maximum atomic E-state index is 11.2. The van der Waals surface area contributed by atoms with Gasteiger partial charge in [-0.3, -0.25) is 0 Å². The highest BCUT2D eigenvalue weighted by Crippen LogP contribution is 2.21. The van der Waals surface area contributed by atoms with E-state index < -0.39 is 0 Å². The Morgan fingerprint density at radius 1 is 1.57 bits per heavy atom. The average molecular weight is 193 g/mol. The van der Waals surface area contributed by atoms with E-state index in [0.717, 1.165) is 11.3 Å². The SMILES string of the molecule is COC(=O)c1ccc2c(c1)COCN2. The topological polar surface area (TPSA) is 47.6 Å². The van der Waals surface area contributed by atoms with Crippen molar-refractivity contribution in [3.63, 3.8) is 0 Å². The number of rotatable bonds is 1. The molecule has 0 aliphatic carbocycles. The van der Waals surface area contributed by atoms with Crippen LogP contribution < -0.4 is 5.32 Å². The van der Waals surface area contributed by atoms with Crippen LogP contribution in [-0.2, 0) is 16.1 Å². The Labute approximate surface area is 81.8 Å². The summed E-state index contributed by atoms with van der Waals surface area (Å²) in [6, 6.07) is 5.39. The molecule has 0 amide bonds. The van der Waals surface area contributed by atoms with Crippen LogP contribution in [0, 0.1) is 0 Å². The number of ether oxygens (including phenoxy) is 2. The summed E-state index contributed by atoms with van der Waals surface area (Å²) >= 11 is 0. The molecule has 0 bridgehead atoms. The summed E-state index contributed by atoms with van der Waals surface area (Å²) in [5, 5.41) is 3.07. The molecule has 0 unspecified atom stereocenters. The van der Waals surface area contributed by atoms with Gasteiger partial charge in [0.2, 0.25) is 0 Å². The maximum absolute atomic E-state index is 11.2. The third kappa shape index (κ3) is 1.56. The zero-order chi connectivity index (χ0) is 9.97. The Kier molecular flexibility index (Phi) is 2.37. The molecule has 0 fully saturated rings. The van der Waals surface area contributed by atoms with Gasteiger partial charge >= 0.3 is 5.97 Å². The number of benzene rings is 1. The highest BCUT2D eigenvalue weighted by Gasteiger charge is 2.12. The van der Waals surface area contributed by atoms with Gasteiger partial charge in [-0.25, -0.2) is 4.79 Å². The summed E-state index contributed by atoms with van der Waals surface area (Å²) in [6.07, 6.45) is 0. The van der Waals surface area contributed by atoms with E-state index in [0.29, 0.717) is 18.9 Å². The van der Waals surface area contributed by atoms with Crippen molar-refractivity contribution in [1.29, 1.82) is 0 Å². The summed E-state index contributed by atoms with van der Waals surface area (Å²) in [6.45, 7) is 1.05. The molecule has 0 spiro atoms. The molecule has 1 heterocycles. The molecule has 1 aromatic carbocycles. The average Bonchev–Trinajstić information content (AvgIpc) is 2.27. The lowest BCUT2D eigenvalue weighted by molar-refractivity contribution is 0.0600. The van der Waals surface area contributed by atoms with E-state index in [1.807, 2.05) is 6.07 Å². The molecule has 1 aliphatic heterocycles. The molecule has 14 heavy (non-hydrogen) atoms. The lowest BCUT2D eigenvalue weighted by Gasteiger charge is -2.18. The number of hydrogen-bond donors (Lipinski definition) is 1. The number of hydrogen-bond acceptors (Lipinski definition) is 4. The molecule has 0 radical (unpaired) electrons. The molecule has 4 nitrogen and oxygen atoms in total. The van der Waals surface area contributed by atoms with Crippen molar-refractivity contribution in [2.24, 2.45) is 0 Å². The van der Waals surface area contributed by atoms with Gasteiger partial charge in [-0.2, -0.15) is 0 Å². The maximum Gasteiger partial charge on any atom is 0.337 e. The first-order valence-electron chi connectivity index (χ1n) is 4.34. The van der Waals surface area contributed by atoms with E-state index in [2.05, 4.69) is 10.1 Å². The Bertz CT molecular complexity index is 362.